The molecule has 0 aromatic heterocycles. The number of aryl methyl sites for hydroxylation is 1. The zero-order valence-corrected chi connectivity index (χ0v) is 12.3. The average Bonchev–Trinajstić information content (AvgIpc) is 2.51. The molecule has 1 heteroatoms. The quantitative estimate of drug-likeness (QED) is 0.792. The fraction of sp³-hybridized carbons (Fsp3) is 0.368. The summed E-state index contributed by atoms with van der Waals surface area (Å²) in [5.41, 5.74) is 3.78. The first kappa shape index (κ1) is 13.4. The Morgan fingerprint density at radius 2 is 1.75 bits per heavy atom. The highest BCUT2D eigenvalue weighted by Crippen LogP contribution is 2.47. The molecular formula is C19H22O. The van der Waals surface area contributed by atoms with E-state index in [2.05, 4.69) is 68.4 Å². The van der Waals surface area contributed by atoms with Crippen molar-refractivity contribution in [1.82, 2.24) is 0 Å². The molecule has 0 saturated heterocycles. The molecule has 104 valence electrons. The molecule has 2 unspecified atom stereocenters. The Morgan fingerprint density at radius 1 is 1.05 bits per heavy atom. The maximum Gasteiger partial charge on any atom is 0.121 e. The van der Waals surface area contributed by atoms with Crippen molar-refractivity contribution in [3.63, 3.8) is 0 Å². The van der Waals surface area contributed by atoms with Crippen LogP contribution < -0.4 is 0 Å². The van der Waals surface area contributed by atoms with Gasteiger partial charge in [-0.15, -0.1) is 0 Å². The Balaban J connectivity index is 2.23. The van der Waals surface area contributed by atoms with Gasteiger partial charge in [-0.1, -0.05) is 61.5 Å². The van der Waals surface area contributed by atoms with Gasteiger partial charge in [0.1, 0.15) is 5.60 Å². The topological polar surface area (TPSA) is 9.23 Å². The highest BCUT2D eigenvalue weighted by Gasteiger charge is 2.44. The number of hydrogen-bond acceptors (Lipinski definition) is 1. The number of rotatable bonds is 3. The van der Waals surface area contributed by atoms with E-state index in [1.165, 1.54) is 23.1 Å². The highest BCUT2D eigenvalue weighted by molar-refractivity contribution is 5.44. The van der Waals surface area contributed by atoms with Crippen molar-refractivity contribution in [1.29, 1.82) is 0 Å². The van der Waals surface area contributed by atoms with E-state index in [4.69, 9.17) is 4.74 Å². The Bertz CT molecular complexity index is 575. The van der Waals surface area contributed by atoms with Crippen LogP contribution >= 0.6 is 0 Å². The Kier molecular flexibility index (Phi) is 3.62. The van der Waals surface area contributed by atoms with Crippen LogP contribution in [0.4, 0.5) is 0 Å². The first-order chi connectivity index (χ1) is 9.79. The maximum atomic E-state index is 6.40. The van der Waals surface area contributed by atoms with Gasteiger partial charge in [0.15, 0.2) is 0 Å². The van der Waals surface area contributed by atoms with Gasteiger partial charge >= 0.3 is 0 Å². The van der Waals surface area contributed by atoms with Gasteiger partial charge in [-0.2, -0.15) is 0 Å². The van der Waals surface area contributed by atoms with E-state index in [9.17, 15) is 0 Å². The fourth-order valence-electron chi connectivity index (χ4n) is 3.60. The van der Waals surface area contributed by atoms with Crippen LogP contribution in [-0.4, -0.2) is 6.61 Å². The van der Waals surface area contributed by atoms with E-state index < -0.39 is 0 Å². The zero-order valence-electron chi connectivity index (χ0n) is 12.3. The van der Waals surface area contributed by atoms with Gasteiger partial charge in [0.25, 0.3) is 0 Å². The van der Waals surface area contributed by atoms with Crippen molar-refractivity contribution in [2.24, 2.45) is 5.92 Å². The summed E-state index contributed by atoms with van der Waals surface area (Å²) in [5, 5.41) is 0. The summed E-state index contributed by atoms with van der Waals surface area (Å²) in [6, 6.07) is 19.5. The minimum atomic E-state index is -0.287. The lowest BCUT2D eigenvalue weighted by Crippen LogP contribution is -2.42. The third-order valence-electron chi connectivity index (χ3n) is 4.53. The molecule has 20 heavy (non-hydrogen) atoms. The van der Waals surface area contributed by atoms with Crippen molar-refractivity contribution >= 4 is 0 Å². The van der Waals surface area contributed by atoms with Crippen molar-refractivity contribution in [3.8, 4) is 0 Å². The third-order valence-corrected chi connectivity index (χ3v) is 4.53. The molecule has 1 aliphatic rings. The molecule has 2 atom stereocenters. The summed E-state index contributed by atoms with van der Waals surface area (Å²) in [6.45, 7) is 5.14. The summed E-state index contributed by atoms with van der Waals surface area (Å²) < 4.78 is 6.40. The van der Waals surface area contributed by atoms with Crippen LogP contribution in [0.1, 0.15) is 37.0 Å². The van der Waals surface area contributed by atoms with E-state index in [0.29, 0.717) is 5.92 Å². The second-order valence-electron chi connectivity index (χ2n) is 5.63. The van der Waals surface area contributed by atoms with Crippen LogP contribution in [0.3, 0.4) is 0 Å². The standard InChI is InChI=1S/C19H22O/c1-3-20-19(17-10-5-4-6-11-17)15(2)13-14-16-9-7-8-12-18(16)19/h4-12,15H,3,13-14H2,1-2H3. The van der Waals surface area contributed by atoms with E-state index in [0.717, 1.165) is 13.0 Å². The molecule has 2 aromatic rings. The van der Waals surface area contributed by atoms with Crippen LogP contribution in [0.15, 0.2) is 54.6 Å². The molecule has 0 N–H and O–H groups in total. The van der Waals surface area contributed by atoms with Gasteiger partial charge in [-0.3, -0.25) is 0 Å². The minimum absolute atomic E-state index is 0.287. The molecule has 0 heterocycles. The monoisotopic (exact) mass is 266 g/mol. The molecule has 2 aromatic carbocycles. The SMILES string of the molecule is CCOC1(c2ccccc2)c2ccccc2CCC1C. The van der Waals surface area contributed by atoms with Crippen LogP contribution in [0.25, 0.3) is 0 Å². The van der Waals surface area contributed by atoms with Crippen LogP contribution in [0.5, 0.6) is 0 Å². The van der Waals surface area contributed by atoms with E-state index in [1.807, 2.05) is 0 Å². The lowest BCUT2D eigenvalue weighted by Gasteiger charge is -2.44. The highest BCUT2D eigenvalue weighted by atomic mass is 16.5. The lowest BCUT2D eigenvalue weighted by atomic mass is 9.68. The van der Waals surface area contributed by atoms with Gasteiger partial charge < -0.3 is 4.74 Å². The summed E-state index contributed by atoms with van der Waals surface area (Å²) >= 11 is 0. The van der Waals surface area contributed by atoms with Crippen molar-refractivity contribution < 1.29 is 4.74 Å². The first-order valence-electron chi connectivity index (χ1n) is 7.57. The van der Waals surface area contributed by atoms with Crippen LogP contribution in [0, 0.1) is 5.92 Å². The normalized spacial score (nSPS) is 25.2. The number of ether oxygens (including phenoxy) is 1. The second kappa shape index (κ2) is 5.41. The Morgan fingerprint density at radius 3 is 2.50 bits per heavy atom. The minimum Gasteiger partial charge on any atom is -0.366 e. The Labute approximate surface area is 121 Å². The first-order valence-corrected chi connectivity index (χ1v) is 7.57. The summed E-state index contributed by atoms with van der Waals surface area (Å²) in [6.07, 6.45) is 2.32. The lowest BCUT2D eigenvalue weighted by molar-refractivity contribution is -0.0590. The van der Waals surface area contributed by atoms with E-state index in [-0.39, 0.29) is 5.60 Å². The van der Waals surface area contributed by atoms with E-state index >= 15 is 0 Å². The molecule has 0 saturated carbocycles. The van der Waals surface area contributed by atoms with Gasteiger partial charge in [0, 0.05) is 6.61 Å². The number of fused-ring (bicyclic) bond motifs is 1. The van der Waals surface area contributed by atoms with E-state index in [1.54, 1.807) is 0 Å². The Hall–Kier alpha value is -1.60. The van der Waals surface area contributed by atoms with Crippen molar-refractivity contribution in [2.45, 2.75) is 32.3 Å². The molecule has 0 fully saturated rings. The summed E-state index contributed by atoms with van der Waals surface area (Å²) in [5.74, 6) is 0.486. The smallest absolute Gasteiger partial charge is 0.121 e. The summed E-state index contributed by atoms with van der Waals surface area (Å²) in [7, 11) is 0. The maximum absolute atomic E-state index is 6.40. The number of benzene rings is 2. The molecular weight excluding hydrogens is 244 g/mol. The predicted octanol–water partition coefficient (Wildman–Crippen LogP) is 4.55. The molecule has 1 aliphatic carbocycles. The molecule has 0 amide bonds. The molecule has 0 bridgehead atoms. The van der Waals surface area contributed by atoms with Crippen molar-refractivity contribution in [2.75, 3.05) is 6.61 Å². The third kappa shape index (κ3) is 1.97. The van der Waals surface area contributed by atoms with Gasteiger partial charge in [-0.25, -0.2) is 0 Å². The van der Waals surface area contributed by atoms with Crippen LogP contribution in [-0.2, 0) is 16.8 Å². The molecule has 0 spiro atoms. The molecule has 1 nitrogen and oxygen atoms in total. The zero-order chi connectivity index (χ0) is 14.0. The molecule has 3 rings (SSSR count). The predicted molar refractivity (Wildman–Crippen MR) is 82.8 cm³/mol. The van der Waals surface area contributed by atoms with Crippen LogP contribution in [0.2, 0.25) is 0 Å². The number of hydrogen-bond donors (Lipinski definition) is 0. The fourth-order valence-corrected chi connectivity index (χ4v) is 3.60. The molecule has 0 aliphatic heterocycles. The molecule has 0 radical (unpaired) electrons. The van der Waals surface area contributed by atoms with Gasteiger partial charge in [-0.05, 0) is 42.4 Å². The van der Waals surface area contributed by atoms with Crippen molar-refractivity contribution in [3.05, 3.63) is 71.3 Å². The average molecular weight is 266 g/mol. The second-order valence-corrected chi connectivity index (χ2v) is 5.63. The summed E-state index contributed by atoms with van der Waals surface area (Å²) in [4.78, 5) is 0. The largest absolute Gasteiger partial charge is 0.366 e. The van der Waals surface area contributed by atoms with Gasteiger partial charge in [0.05, 0.1) is 0 Å². The van der Waals surface area contributed by atoms with Gasteiger partial charge in [0.2, 0.25) is 0 Å².